The number of amides is 1. The molecule has 0 spiro atoms. The normalized spacial score (nSPS) is 17.8. The molecule has 0 unspecified atom stereocenters. The highest BCUT2D eigenvalue weighted by molar-refractivity contribution is 6.30. The zero-order valence-electron chi connectivity index (χ0n) is 12.5. The van der Waals surface area contributed by atoms with Gasteiger partial charge in [0.05, 0.1) is 12.5 Å². The maximum atomic E-state index is 12.3. The molecule has 1 aromatic rings. The molecule has 1 atom stereocenters. The summed E-state index contributed by atoms with van der Waals surface area (Å²) in [6.45, 7) is 5.81. The summed E-state index contributed by atoms with van der Waals surface area (Å²) in [7, 11) is 0. The second-order valence-electron chi connectivity index (χ2n) is 5.55. The van der Waals surface area contributed by atoms with E-state index in [4.69, 9.17) is 11.6 Å². The molecule has 4 nitrogen and oxygen atoms in total. The average Bonchev–Trinajstić information content (AvgIpc) is 2.47. The summed E-state index contributed by atoms with van der Waals surface area (Å²) >= 11 is 5.94. The molecular weight excluding hydrogens is 288 g/mol. The first-order valence-corrected chi connectivity index (χ1v) is 7.89. The molecule has 0 bridgehead atoms. The summed E-state index contributed by atoms with van der Waals surface area (Å²) in [6.07, 6.45) is 0.908. The molecule has 5 heteroatoms. The molecule has 1 saturated heterocycles. The summed E-state index contributed by atoms with van der Waals surface area (Å²) in [5.74, 6) is 0.146. The van der Waals surface area contributed by atoms with Crippen molar-refractivity contribution >= 4 is 17.5 Å². The number of benzene rings is 1. The fourth-order valence-corrected chi connectivity index (χ4v) is 2.75. The average molecular weight is 311 g/mol. The van der Waals surface area contributed by atoms with Crippen molar-refractivity contribution in [3.05, 3.63) is 34.9 Å². The van der Waals surface area contributed by atoms with E-state index in [-0.39, 0.29) is 12.0 Å². The summed E-state index contributed by atoms with van der Waals surface area (Å²) in [5, 5.41) is 10.3. The molecule has 1 aliphatic rings. The van der Waals surface area contributed by atoms with E-state index < -0.39 is 0 Å². The highest BCUT2D eigenvalue weighted by atomic mass is 35.5. The maximum Gasteiger partial charge on any atom is 0.227 e. The molecule has 1 aromatic carbocycles. The van der Waals surface area contributed by atoms with E-state index in [0.717, 1.165) is 38.2 Å². The molecule has 21 heavy (non-hydrogen) atoms. The van der Waals surface area contributed by atoms with E-state index in [0.29, 0.717) is 18.0 Å². The van der Waals surface area contributed by atoms with Gasteiger partial charge in [-0.15, -0.1) is 0 Å². The number of nitrogens with zero attached hydrogens (tertiary/aromatic N) is 2. The van der Waals surface area contributed by atoms with Gasteiger partial charge in [-0.2, -0.15) is 0 Å². The van der Waals surface area contributed by atoms with Crippen molar-refractivity contribution in [1.29, 1.82) is 0 Å². The van der Waals surface area contributed by atoms with Gasteiger partial charge >= 0.3 is 0 Å². The second kappa shape index (κ2) is 7.78. The molecule has 0 saturated carbocycles. The van der Waals surface area contributed by atoms with E-state index in [2.05, 4.69) is 4.90 Å². The van der Waals surface area contributed by atoms with Gasteiger partial charge in [0.2, 0.25) is 5.91 Å². The van der Waals surface area contributed by atoms with Crippen molar-refractivity contribution in [2.75, 3.05) is 32.7 Å². The zero-order chi connectivity index (χ0) is 15.2. The van der Waals surface area contributed by atoms with Crippen molar-refractivity contribution in [3.8, 4) is 0 Å². The number of aliphatic hydroxyl groups excluding tert-OH is 1. The summed E-state index contributed by atoms with van der Waals surface area (Å²) < 4.78 is 0. The Labute approximate surface area is 131 Å². The van der Waals surface area contributed by atoms with Crippen LogP contribution in [0.15, 0.2) is 24.3 Å². The van der Waals surface area contributed by atoms with Gasteiger partial charge in [0.1, 0.15) is 0 Å². The molecule has 0 aliphatic carbocycles. The predicted molar refractivity (Wildman–Crippen MR) is 84.5 cm³/mol. The highest BCUT2D eigenvalue weighted by Gasteiger charge is 2.22. The largest absolute Gasteiger partial charge is 0.392 e. The molecule has 2 rings (SSSR count). The molecule has 116 valence electrons. The van der Waals surface area contributed by atoms with Crippen molar-refractivity contribution in [1.82, 2.24) is 9.80 Å². The fourth-order valence-electron chi connectivity index (χ4n) is 2.54. The van der Waals surface area contributed by atoms with Gasteiger partial charge < -0.3 is 10.0 Å². The lowest BCUT2D eigenvalue weighted by Gasteiger charge is -2.35. The number of hydrogen-bond acceptors (Lipinski definition) is 3. The van der Waals surface area contributed by atoms with Crippen LogP contribution in [-0.2, 0) is 11.2 Å². The smallest absolute Gasteiger partial charge is 0.227 e. The van der Waals surface area contributed by atoms with Crippen LogP contribution in [0, 0.1) is 0 Å². The Morgan fingerprint density at radius 1 is 1.33 bits per heavy atom. The van der Waals surface area contributed by atoms with E-state index in [1.165, 1.54) is 0 Å². The third-order valence-corrected chi connectivity index (χ3v) is 4.14. The summed E-state index contributed by atoms with van der Waals surface area (Å²) in [6, 6.07) is 7.45. The lowest BCUT2D eigenvalue weighted by molar-refractivity contribution is -0.132. The minimum Gasteiger partial charge on any atom is -0.392 e. The highest BCUT2D eigenvalue weighted by Crippen LogP contribution is 2.13. The standard InChI is InChI=1S/C16H23ClN2O2/c1-2-15(20)12-18-6-8-19(9-7-18)16(21)11-13-4-3-5-14(17)10-13/h3-5,10,15,20H,2,6-9,11-12H2,1H3/t15-/m0/s1. The lowest BCUT2D eigenvalue weighted by atomic mass is 10.1. The van der Waals surface area contributed by atoms with Crippen LogP contribution in [0.5, 0.6) is 0 Å². The minimum absolute atomic E-state index is 0.146. The van der Waals surface area contributed by atoms with Crippen molar-refractivity contribution in [2.45, 2.75) is 25.9 Å². The first kappa shape index (κ1) is 16.3. The molecule has 0 radical (unpaired) electrons. The SMILES string of the molecule is CC[C@H](O)CN1CCN(C(=O)Cc2cccc(Cl)c2)CC1. The molecular formula is C16H23ClN2O2. The first-order chi connectivity index (χ1) is 10.1. The van der Waals surface area contributed by atoms with Crippen molar-refractivity contribution < 1.29 is 9.90 Å². The van der Waals surface area contributed by atoms with E-state index in [9.17, 15) is 9.90 Å². The van der Waals surface area contributed by atoms with Crippen LogP contribution in [0.1, 0.15) is 18.9 Å². The van der Waals surface area contributed by atoms with Crippen LogP contribution in [0.4, 0.5) is 0 Å². The van der Waals surface area contributed by atoms with E-state index >= 15 is 0 Å². The third-order valence-electron chi connectivity index (χ3n) is 3.91. The molecule has 1 N–H and O–H groups in total. The first-order valence-electron chi connectivity index (χ1n) is 7.51. The van der Waals surface area contributed by atoms with Crippen molar-refractivity contribution in [2.24, 2.45) is 0 Å². The third kappa shape index (κ3) is 4.99. The van der Waals surface area contributed by atoms with Gasteiger partial charge in [0, 0.05) is 37.7 Å². The van der Waals surface area contributed by atoms with Crippen LogP contribution in [0.25, 0.3) is 0 Å². The Morgan fingerprint density at radius 3 is 2.67 bits per heavy atom. The maximum absolute atomic E-state index is 12.3. The monoisotopic (exact) mass is 310 g/mol. The molecule has 1 fully saturated rings. The van der Waals surface area contributed by atoms with Crippen molar-refractivity contribution in [3.63, 3.8) is 0 Å². The second-order valence-corrected chi connectivity index (χ2v) is 5.99. The lowest BCUT2D eigenvalue weighted by Crippen LogP contribution is -2.50. The molecule has 1 amide bonds. The van der Waals surface area contributed by atoms with Crippen LogP contribution >= 0.6 is 11.6 Å². The summed E-state index contributed by atoms with van der Waals surface area (Å²) in [5.41, 5.74) is 0.955. The number of aliphatic hydroxyl groups is 1. The van der Waals surface area contributed by atoms with Gasteiger partial charge in [0.25, 0.3) is 0 Å². The van der Waals surface area contributed by atoms with Gasteiger partial charge in [-0.3, -0.25) is 9.69 Å². The Balaban J connectivity index is 1.80. The molecule has 1 heterocycles. The van der Waals surface area contributed by atoms with Crippen LogP contribution in [0.2, 0.25) is 5.02 Å². The number of carbonyl (C=O) groups excluding carboxylic acids is 1. The number of piperazine rings is 1. The Morgan fingerprint density at radius 2 is 2.05 bits per heavy atom. The summed E-state index contributed by atoms with van der Waals surface area (Å²) in [4.78, 5) is 16.4. The van der Waals surface area contributed by atoms with Gasteiger partial charge in [-0.25, -0.2) is 0 Å². The number of rotatable bonds is 5. The number of carbonyl (C=O) groups is 1. The molecule has 0 aromatic heterocycles. The van der Waals surface area contributed by atoms with Crippen LogP contribution in [-0.4, -0.2) is 59.6 Å². The molecule has 1 aliphatic heterocycles. The van der Waals surface area contributed by atoms with E-state index in [1.807, 2.05) is 36.1 Å². The fraction of sp³-hybridized carbons (Fsp3) is 0.562. The number of β-amino-alcohol motifs (C(OH)–C–C–N with tert-alkyl or cyclic N) is 1. The minimum atomic E-state index is -0.265. The van der Waals surface area contributed by atoms with Gasteiger partial charge in [0.15, 0.2) is 0 Å². The quantitative estimate of drug-likeness (QED) is 0.902. The van der Waals surface area contributed by atoms with Crippen LogP contribution < -0.4 is 0 Å². The topological polar surface area (TPSA) is 43.8 Å². The number of hydrogen-bond donors (Lipinski definition) is 1. The van der Waals surface area contributed by atoms with Gasteiger partial charge in [-0.05, 0) is 24.1 Å². The Hall–Kier alpha value is -1.10. The number of halogens is 1. The zero-order valence-corrected chi connectivity index (χ0v) is 13.2. The van der Waals surface area contributed by atoms with Crippen LogP contribution in [0.3, 0.4) is 0 Å². The van der Waals surface area contributed by atoms with E-state index in [1.54, 1.807) is 0 Å². The van der Waals surface area contributed by atoms with Gasteiger partial charge in [-0.1, -0.05) is 30.7 Å². The Bertz CT molecular complexity index is 473. The predicted octanol–water partition coefficient (Wildman–Crippen LogP) is 1.80. The Kier molecular flexibility index (Phi) is 6.03.